The lowest BCUT2D eigenvalue weighted by Gasteiger charge is -2.22. The number of hydrogen-bond donors (Lipinski definition) is 1. The number of rotatable bonds is 6. The summed E-state index contributed by atoms with van der Waals surface area (Å²) in [6.45, 7) is 3.34. The average Bonchev–Trinajstić information content (AvgIpc) is 2.41. The van der Waals surface area contributed by atoms with Gasteiger partial charge in [0.05, 0.1) is 6.61 Å². The van der Waals surface area contributed by atoms with Crippen molar-refractivity contribution >= 4 is 0 Å². The van der Waals surface area contributed by atoms with E-state index in [0.29, 0.717) is 0 Å². The fourth-order valence-electron chi connectivity index (χ4n) is 1.93. The van der Waals surface area contributed by atoms with Gasteiger partial charge >= 0.3 is 0 Å². The molecule has 1 fully saturated rings. The van der Waals surface area contributed by atoms with E-state index in [1.807, 2.05) is 6.07 Å². The van der Waals surface area contributed by atoms with Crippen LogP contribution in [0, 0.1) is 0 Å². The van der Waals surface area contributed by atoms with E-state index in [9.17, 15) is 0 Å². The Morgan fingerprint density at radius 3 is 2.88 bits per heavy atom. The van der Waals surface area contributed by atoms with Crippen LogP contribution >= 0.6 is 0 Å². The lowest BCUT2D eigenvalue weighted by molar-refractivity contribution is -0.161. The summed E-state index contributed by atoms with van der Waals surface area (Å²) in [5.41, 5.74) is 1.31. The largest absolute Gasteiger partial charge is 0.353 e. The Morgan fingerprint density at radius 2 is 2.12 bits per heavy atom. The quantitative estimate of drug-likeness (QED) is 0.768. The highest BCUT2D eigenvalue weighted by Gasteiger charge is 2.13. The molecule has 0 aromatic heterocycles. The number of nitrogens with one attached hydrogen (secondary N) is 1. The van der Waals surface area contributed by atoms with Crippen LogP contribution in [0.3, 0.4) is 0 Å². The minimum atomic E-state index is 0.0299. The summed E-state index contributed by atoms with van der Waals surface area (Å²) in [7, 11) is 0. The lowest BCUT2D eigenvalue weighted by atomic mass is 10.2. The third-order valence-electron chi connectivity index (χ3n) is 2.89. The van der Waals surface area contributed by atoms with Crippen LogP contribution in [0.1, 0.15) is 24.8 Å². The summed E-state index contributed by atoms with van der Waals surface area (Å²) in [6, 6.07) is 10.4. The van der Waals surface area contributed by atoms with E-state index in [1.54, 1.807) is 0 Å². The van der Waals surface area contributed by atoms with Crippen molar-refractivity contribution in [2.75, 3.05) is 19.8 Å². The molecule has 2 rings (SSSR count). The van der Waals surface area contributed by atoms with Crippen molar-refractivity contribution in [1.82, 2.24) is 5.32 Å². The van der Waals surface area contributed by atoms with Crippen LogP contribution < -0.4 is 5.32 Å². The normalized spacial score (nSPS) is 20.4. The van der Waals surface area contributed by atoms with Gasteiger partial charge in [-0.1, -0.05) is 30.3 Å². The molecule has 1 aliphatic heterocycles. The zero-order valence-corrected chi connectivity index (χ0v) is 10.2. The summed E-state index contributed by atoms with van der Waals surface area (Å²) >= 11 is 0. The van der Waals surface area contributed by atoms with Crippen molar-refractivity contribution in [2.45, 2.75) is 32.1 Å². The second-order valence-electron chi connectivity index (χ2n) is 4.33. The van der Waals surface area contributed by atoms with Crippen LogP contribution in [0.25, 0.3) is 0 Å². The van der Waals surface area contributed by atoms with Crippen molar-refractivity contribution in [3.63, 3.8) is 0 Å². The molecule has 0 saturated carbocycles. The first-order valence-corrected chi connectivity index (χ1v) is 6.43. The number of ether oxygens (including phenoxy) is 2. The molecule has 17 heavy (non-hydrogen) atoms. The molecule has 1 aromatic rings. The van der Waals surface area contributed by atoms with E-state index in [-0.39, 0.29) is 6.29 Å². The van der Waals surface area contributed by atoms with E-state index in [0.717, 1.165) is 32.7 Å². The van der Waals surface area contributed by atoms with Crippen LogP contribution in [0.4, 0.5) is 0 Å². The Balaban J connectivity index is 1.51. The number of hydrogen-bond acceptors (Lipinski definition) is 3. The van der Waals surface area contributed by atoms with Gasteiger partial charge in [-0.25, -0.2) is 0 Å². The molecule has 0 unspecified atom stereocenters. The summed E-state index contributed by atoms with van der Waals surface area (Å²) in [5, 5.41) is 3.36. The molecule has 1 N–H and O–H groups in total. The van der Waals surface area contributed by atoms with E-state index in [2.05, 4.69) is 29.6 Å². The predicted molar refractivity (Wildman–Crippen MR) is 67.7 cm³/mol. The molecule has 3 heteroatoms. The van der Waals surface area contributed by atoms with Gasteiger partial charge in [-0.3, -0.25) is 0 Å². The van der Waals surface area contributed by atoms with Crippen LogP contribution in [0.15, 0.2) is 30.3 Å². The Bertz CT molecular complexity index is 296. The summed E-state index contributed by atoms with van der Waals surface area (Å²) < 4.78 is 11.1. The molecule has 1 aliphatic rings. The summed E-state index contributed by atoms with van der Waals surface area (Å²) in [6.07, 6.45) is 3.47. The molecule has 0 amide bonds. The Hall–Kier alpha value is -0.900. The first-order valence-electron chi connectivity index (χ1n) is 6.43. The van der Waals surface area contributed by atoms with Crippen molar-refractivity contribution < 1.29 is 9.47 Å². The van der Waals surface area contributed by atoms with Gasteiger partial charge < -0.3 is 14.8 Å². The molecule has 0 radical (unpaired) electrons. The van der Waals surface area contributed by atoms with Crippen LogP contribution in [-0.2, 0) is 16.0 Å². The molecule has 1 atom stereocenters. The zero-order valence-electron chi connectivity index (χ0n) is 10.2. The second kappa shape index (κ2) is 7.43. The van der Waals surface area contributed by atoms with Crippen molar-refractivity contribution in [3.05, 3.63) is 35.9 Å². The van der Waals surface area contributed by atoms with Crippen LogP contribution in [-0.4, -0.2) is 26.0 Å². The molecule has 1 saturated heterocycles. The Labute approximate surface area is 103 Å². The topological polar surface area (TPSA) is 30.5 Å². The van der Waals surface area contributed by atoms with Gasteiger partial charge in [0.25, 0.3) is 0 Å². The van der Waals surface area contributed by atoms with Gasteiger partial charge in [0.15, 0.2) is 6.29 Å². The first kappa shape index (κ1) is 12.6. The SMILES string of the molecule is c1ccc(CNCCO[C@H]2CCCCO2)cc1. The minimum absolute atomic E-state index is 0.0299. The standard InChI is InChI=1S/C14H21NO2/c1-2-6-13(7-3-1)12-15-9-11-17-14-8-4-5-10-16-14/h1-3,6-7,14-15H,4-5,8-12H2/t14-/m0/s1. The molecule has 94 valence electrons. The summed E-state index contributed by atoms with van der Waals surface area (Å²) in [4.78, 5) is 0. The molecule has 3 nitrogen and oxygen atoms in total. The highest BCUT2D eigenvalue weighted by atomic mass is 16.7. The van der Waals surface area contributed by atoms with E-state index < -0.39 is 0 Å². The van der Waals surface area contributed by atoms with Crippen LogP contribution in [0.5, 0.6) is 0 Å². The molecule has 0 aliphatic carbocycles. The molecular formula is C14H21NO2. The van der Waals surface area contributed by atoms with Crippen molar-refractivity contribution in [2.24, 2.45) is 0 Å². The van der Waals surface area contributed by atoms with Gasteiger partial charge in [0.1, 0.15) is 0 Å². The maximum Gasteiger partial charge on any atom is 0.157 e. The third-order valence-corrected chi connectivity index (χ3v) is 2.89. The average molecular weight is 235 g/mol. The molecule has 0 bridgehead atoms. The van der Waals surface area contributed by atoms with Gasteiger partial charge in [-0.05, 0) is 24.8 Å². The van der Waals surface area contributed by atoms with Crippen molar-refractivity contribution in [3.8, 4) is 0 Å². The predicted octanol–water partition coefficient (Wildman–Crippen LogP) is 2.32. The highest BCUT2D eigenvalue weighted by molar-refractivity contribution is 5.14. The summed E-state index contributed by atoms with van der Waals surface area (Å²) in [5.74, 6) is 0. The van der Waals surface area contributed by atoms with Gasteiger partial charge in [0.2, 0.25) is 0 Å². The first-order chi connectivity index (χ1) is 8.45. The fraction of sp³-hybridized carbons (Fsp3) is 0.571. The Kier molecular flexibility index (Phi) is 5.49. The zero-order chi connectivity index (χ0) is 11.8. The van der Waals surface area contributed by atoms with Gasteiger partial charge in [0, 0.05) is 19.7 Å². The van der Waals surface area contributed by atoms with Crippen LogP contribution in [0.2, 0.25) is 0 Å². The smallest absolute Gasteiger partial charge is 0.157 e. The molecular weight excluding hydrogens is 214 g/mol. The maximum atomic E-state index is 5.64. The Morgan fingerprint density at radius 1 is 1.24 bits per heavy atom. The van der Waals surface area contributed by atoms with Gasteiger partial charge in [-0.2, -0.15) is 0 Å². The van der Waals surface area contributed by atoms with E-state index in [4.69, 9.17) is 9.47 Å². The van der Waals surface area contributed by atoms with Gasteiger partial charge in [-0.15, -0.1) is 0 Å². The minimum Gasteiger partial charge on any atom is -0.353 e. The highest BCUT2D eigenvalue weighted by Crippen LogP contribution is 2.13. The van der Waals surface area contributed by atoms with E-state index >= 15 is 0 Å². The second-order valence-corrected chi connectivity index (χ2v) is 4.33. The number of benzene rings is 1. The van der Waals surface area contributed by atoms with E-state index in [1.165, 1.54) is 18.4 Å². The molecule has 1 aromatic carbocycles. The maximum absolute atomic E-state index is 5.64. The molecule has 1 heterocycles. The third kappa shape index (κ3) is 4.86. The lowest BCUT2D eigenvalue weighted by Crippen LogP contribution is -2.27. The van der Waals surface area contributed by atoms with Crippen molar-refractivity contribution in [1.29, 1.82) is 0 Å². The fourth-order valence-corrected chi connectivity index (χ4v) is 1.93. The molecule has 0 spiro atoms. The monoisotopic (exact) mass is 235 g/mol.